The molecule has 14 atom stereocenters. The van der Waals surface area contributed by atoms with E-state index in [0.29, 0.717) is 35.6 Å². The Hall–Kier alpha value is -3.91. The molecular weight excluding hydrogens is 1030 g/mol. The van der Waals surface area contributed by atoms with E-state index in [0.717, 1.165) is 36.5 Å². The van der Waals surface area contributed by atoms with Crippen LogP contribution in [0, 0.1) is 29.1 Å². The van der Waals surface area contributed by atoms with E-state index in [2.05, 4.69) is 11.4 Å². The van der Waals surface area contributed by atoms with Crippen molar-refractivity contribution in [3.05, 3.63) is 105 Å². The van der Waals surface area contributed by atoms with Gasteiger partial charge < -0.3 is 59.1 Å². The van der Waals surface area contributed by atoms with Crippen molar-refractivity contribution in [1.29, 1.82) is 0 Å². The first-order chi connectivity index (χ1) is 35.5. The van der Waals surface area contributed by atoms with Crippen LogP contribution in [0.1, 0.15) is 97.7 Å². The lowest BCUT2D eigenvalue weighted by Gasteiger charge is -2.47. The summed E-state index contributed by atoms with van der Waals surface area (Å²) in [7, 11) is 1.65. The van der Waals surface area contributed by atoms with Crippen LogP contribution in [-0.4, -0.2) is 143 Å². The zero-order chi connectivity index (χ0) is 54.9. The Kier molecular flexibility index (Phi) is 21.4. The third-order valence-corrected chi connectivity index (χ3v) is 16.2. The van der Waals surface area contributed by atoms with Crippen molar-refractivity contribution in [2.45, 2.75) is 148 Å². The number of hydrogen-bond acceptors (Lipinski definition) is 14. The Bertz CT molecular complexity index is 2400. The minimum absolute atomic E-state index is 0.00864. The van der Waals surface area contributed by atoms with Crippen LogP contribution in [0.2, 0.25) is 10.0 Å². The molecule has 1 aliphatic heterocycles. The van der Waals surface area contributed by atoms with Crippen LogP contribution < -0.4 is 5.32 Å². The largest absolute Gasteiger partial charge is 0.465 e. The summed E-state index contributed by atoms with van der Waals surface area (Å²) < 4.78 is 36.1. The molecule has 19 heteroatoms. The lowest BCUT2D eigenvalue weighted by atomic mass is 9.68. The highest BCUT2D eigenvalue weighted by Gasteiger charge is 2.56. The van der Waals surface area contributed by atoms with Gasteiger partial charge in [-0.05, 0) is 93.5 Å². The summed E-state index contributed by atoms with van der Waals surface area (Å²) >= 11 is 18.8. The number of esters is 2. The van der Waals surface area contributed by atoms with Gasteiger partial charge in [0.2, 0.25) is 11.8 Å². The van der Waals surface area contributed by atoms with E-state index >= 15 is 0 Å². The number of halogens is 3. The van der Waals surface area contributed by atoms with Crippen molar-refractivity contribution in [2.75, 3.05) is 39.4 Å². The number of benzene rings is 2. The molecule has 2 aromatic carbocycles. The first kappa shape index (κ1) is 60.3. The molecule has 0 radical (unpaired) electrons. The van der Waals surface area contributed by atoms with Crippen molar-refractivity contribution in [3.63, 3.8) is 0 Å². The number of rotatable bonds is 22. The molecule has 0 bridgehead atoms. The molecular formula is C56H75Cl3N2O14. The van der Waals surface area contributed by atoms with Gasteiger partial charge in [0, 0.05) is 51.3 Å². The van der Waals surface area contributed by atoms with E-state index in [1.54, 1.807) is 45.2 Å². The van der Waals surface area contributed by atoms with E-state index in [4.69, 9.17) is 63.2 Å². The molecule has 1 saturated carbocycles. The standard InChI is InChI=1S/C56H75Cl3N2O14/c1-31(28-71-33(3)62)39-24-44(64)56(7)25-40-37(29-70-8)17-19-38(40)32(2)48(66)51(46(39)56)75-54-50(68)52(73-34(4)63)49(67)43(74-54)30-72-55(5,6)21-13-10-14-22-61(45(65)26-57)47(36-18-20-41(58)42(59)23-36)53(69)60-27-35-15-11-9-12-16-35/h9,11-13,15-16,18,20-21,23,25,31-32,37-38,43-44,47-52,54,64,66-68H,10,14,17,19,22,24,26-30H2,1-8H3,(H,60,69)/b21-13+,40-25-/t31-,32-,37-,38+,43?,44+,47?,48-,49?,50?,51-,52?,54?,56+/m1/s1. The molecule has 75 heavy (non-hydrogen) atoms. The summed E-state index contributed by atoms with van der Waals surface area (Å²) in [6.45, 7) is 12.3. The van der Waals surface area contributed by atoms with Crippen LogP contribution in [0.5, 0.6) is 0 Å². The van der Waals surface area contributed by atoms with Gasteiger partial charge in [0.05, 0.1) is 47.7 Å². The van der Waals surface area contributed by atoms with Crippen LogP contribution in [0.15, 0.2) is 83.5 Å². The van der Waals surface area contributed by atoms with E-state index in [9.17, 15) is 39.6 Å². The summed E-state index contributed by atoms with van der Waals surface area (Å²) in [6, 6.07) is 13.1. The van der Waals surface area contributed by atoms with Crippen LogP contribution in [0.3, 0.4) is 0 Å². The second-order valence-corrected chi connectivity index (χ2v) is 22.2. The Labute approximate surface area is 455 Å². The highest BCUT2D eigenvalue weighted by atomic mass is 35.5. The van der Waals surface area contributed by atoms with Gasteiger partial charge in [-0.2, -0.15) is 0 Å². The second kappa shape index (κ2) is 26.6. The summed E-state index contributed by atoms with van der Waals surface area (Å²) in [5, 5.41) is 51.6. The van der Waals surface area contributed by atoms with Crippen molar-refractivity contribution < 1.29 is 68.0 Å². The normalized spacial score (nSPS) is 30.3. The minimum atomic E-state index is -1.73. The SMILES string of the molecule is COC[C@H]1CC[C@@H]2/C1=C\[C@]1(C)C(=C([C@H](C)COC(C)=O)C[C@@H]1O)[C@@H](OC1OC(COC(C)(C)/C=C/CCCN(C(=O)CCl)C(C(=O)NCc3ccccc3)c3ccc(Cl)c(Cl)c3)C(O)C(OC(C)=O)C1O)[C@H](O)[C@@H]2C. The summed E-state index contributed by atoms with van der Waals surface area (Å²) in [6.07, 6.45) is -2.62. The van der Waals surface area contributed by atoms with E-state index < -0.39 is 95.7 Å². The van der Waals surface area contributed by atoms with Gasteiger partial charge in [-0.15, -0.1) is 11.6 Å². The molecule has 6 rings (SSSR count). The molecule has 0 aromatic heterocycles. The molecule has 1 heterocycles. The molecule has 16 nitrogen and oxygen atoms in total. The number of hydrogen-bond donors (Lipinski definition) is 5. The van der Waals surface area contributed by atoms with Crippen LogP contribution in [0.4, 0.5) is 0 Å². The van der Waals surface area contributed by atoms with Crippen LogP contribution >= 0.6 is 34.8 Å². The number of alkyl halides is 1. The number of allylic oxidation sites excluding steroid dienone is 1. The number of amides is 2. The summed E-state index contributed by atoms with van der Waals surface area (Å²) in [4.78, 5) is 53.3. The van der Waals surface area contributed by atoms with Gasteiger partial charge in [0.1, 0.15) is 36.3 Å². The fraction of sp³-hybridized carbons (Fsp3) is 0.607. The number of carbonyl (C=O) groups excluding carboxylic acids is 4. The number of carbonyl (C=O) groups is 4. The number of fused-ring (bicyclic) bond motifs is 2. The predicted molar refractivity (Wildman–Crippen MR) is 282 cm³/mol. The molecule has 5 N–H and O–H groups in total. The maximum Gasteiger partial charge on any atom is 0.303 e. The smallest absolute Gasteiger partial charge is 0.303 e. The number of ether oxygens (including phenoxy) is 6. The third-order valence-electron chi connectivity index (χ3n) is 15.2. The molecule has 2 aromatic rings. The summed E-state index contributed by atoms with van der Waals surface area (Å²) in [5.74, 6) is -3.32. The number of nitrogens with one attached hydrogen (secondary N) is 1. The van der Waals surface area contributed by atoms with E-state index in [-0.39, 0.29) is 61.4 Å². The topological polar surface area (TPSA) is 220 Å². The molecule has 6 unspecified atom stereocenters. The van der Waals surface area contributed by atoms with Crippen molar-refractivity contribution in [1.82, 2.24) is 10.2 Å². The zero-order valence-electron chi connectivity index (χ0n) is 44.1. The number of methoxy groups -OCH3 is 1. The quantitative estimate of drug-likeness (QED) is 0.0341. The van der Waals surface area contributed by atoms with Crippen LogP contribution in [0.25, 0.3) is 0 Å². The highest BCUT2D eigenvalue weighted by Crippen LogP contribution is 2.56. The monoisotopic (exact) mass is 1100 g/mol. The number of nitrogens with zero attached hydrogens (tertiary/aromatic N) is 1. The molecule has 2 fully saturated rings. The first-order valence-electron chi connectivity index (χ1n) is 25.7. The lowest BCUT2D eigenvalue weighted by Crippen LogP contribution is -2.62. The Balaban J connectivity index is 1.20. The fourth-order valence-corrected chi connectivity index (χ4v) is 11.6. The first-order valence-corrected chi connectivity index (χ1v) is 27.0. The highest BCUT2D eigenvalue weighted by molar-refractivity contribution is 6.42. The molecule has 0 spiro atoms. The maximum absolute atomic E-state index is 13.9. The van der Waals surface area contributed by atoms with Gasteiger partial charge in [0.25, 0.3) is 0 Å². The summed E-state index contributed by atoms with van der Waals surface area (Å²) in [5.41, 5.74) is 1.64. The zero-order valence-corrected chi connectivity index (χ0v) is 46.4. The molecule has 4 aliphatic rings. The van der Waals surface area contributed by atoms with Gasteiger partial charge in [-0.3, -0.25) is 19.2 Å². The number of unbranched alkanes of at least 4 members (excludes halogenated alkanes) is 1. The Morgan fingerprint density at radius 1 is 0.973 bits per heavy atom. The third kappa shape index (κ3) is 14.6. The number of aliphatic hydroxyl groups excluding tert-OH is 4. The second-order valence-electron chi connectivity index (χ2n) is 21.1. The fourth-order valence-electron chi connectivity index (χ4n) is 11.1. The number of aliphatic hydroxyl groups is 4. The minimum Gasteiger partial charge on any atom is -0.465 e. The van der Waals surface area contributed by atoms with E-state index in [1.807, 2.05) is 57.2 Å². The van der Waals surface area contributed by atoms with Gasteiger partial charge >= 0.3 is 11.9 Å². The van der Waals surface area contributed by atoms with E-state index in [1.165, 1.54) is 11.8 Å². The Morgan fingerprint density at radius 2 is 1.69 bits per heavy atom. The van der Waals surface area contributed by atoms with Gasteiger partial charge in [-0.1, -0.05) is 103 Å². The van der Waals surface area contributed by atoms with Crippen molar-refractivity contribution in [2.24, 2.45) is 29.1 Å². The average Bonchev–Trinajstić information content (AvgIpc) is 3.88. The average molecular weight is 1110 g/mol. The molecule has 3 aliphatic carbocycles. The lowest BCUT2D eigenvalue weighted by molar-refractivity contribution is -0.320. The van der Waals surface area contributed by atoms with Crippen LogP contribution in [-0.2, 0) is 54.1 Å². The predicted octanol–water partition coefficient (Wildman–Crippen LogP) is 7.19. The van der Waals surface area contributed by atoms with Gasteiger partial charge in [0.15, 0.2) is 12.4 Å². The molecule has 1 saturated heterocycles. The van der Waals surface area contributed by atoms with Crippen molar-refractivity contribution >= 4 is 58.6 Å². The Morgan fingerprint density at radius 3 is 2.35 bits per heavy atom. The maximum atomic E-state index is 13.9. The molecule has 414 valence electrons. The van der Waals surface area contributed by atoms with Gasteiger partial charge in [-0.25, -0.2) is 0 Å². The molecule has 2 amide bonds. The van der Waals surface area contributed by atoms with Crippen molar-refractivity contribution in [3.8, 4) is 0 Å².